The monoisotopic (exact) mass is 553 g/mol. The minimum atomic E-state index is -0.505. The van der Waals surface area contributed by atoms with E-state index in [0.717, 1.165) is 49.2 Å². The molecule has 0 aliphatic carbocycles. The van der Waals surface area contributed by atoms with Crippen molar-refractivity contribution in [1.29, 1.82) is 0 Å². The highest BCUT2D eigenvalue weighted by molar-refractivity contribution is 5.83. The molecule has 0 spiro atoms. The van der Waals surface area contributed by atoms with Crippen molar-refractivity contribution in [2.75, 3.05) is 64.7 Å². The number of hydrogen-bond acceptors (Lipinski definition) is 7. The molecule has 2 saturated heterocycles. The summed E-state index contributed by atoms with van der Waals surface area (Å²) in [6.07, 6.45) is 4.52. The van der Waals surface area contributed by atoms with E-state index >= 15 is 0 Å². The molecule has 0 unspecified atom stereocenters. The number of nitrogens with zero attached hydrogens (tertiary/aromatic N) is 3. The van der Waals surface area contributed by atoms with Crippen LogP contribution < -0.4 is 19.9 Å². The maximum absolute atomic E-state index is 13.4. The number of methoxy groups -OCH3 is 1. The third-order valence-electron chi connectivity index (χ3n) is 7.38. The van der Waals surface area contributed by atoms with Crippen molar-refractivity contribution >= 4 is 22.6 Å². The molecular weight excluding hydrogens is 517 g/mol. The first-order valence-electron chi connectivity index (χ1n) is 13.9. The van der Waals surface area contributed by atoms with Gasteiger partial charge in [0.2, 0.25) is 0 Å². The second kappa shape index (κ2) is 13.0. The average Bonchev–Trinajstić information content (AvgIpc) is 3.38. The number of fused-ring (bicyclic) bond motifs is 1. The SMILES string of the molecule is COc1cc(-n2ccc3cc(OC[C@@H]4CCCO4)ccc3c2=O)ccc1N1CCCN(C(=O)OCCCF)CC1. The van der Waals surface area contributed by atoms with Crippen molar-refractivity contribution in [3.05, 3.63) is 59.0 Å². The molecule has 214 valence electrons. The van der Waals surface area contributed by atoms with Gasteiger partial charge in [0, 0.05) is 56.9 Å². The highest BCUT2D eigenvalue weighted by atomic mass is 19.1. The molecule has 2 aromatic carbocycles. The molecule has 9 nitrogen and oxygen atoms in total. The predicted octanol–water partition coefficient (Wildman–Crippen LogP) is 4.57. The van der Waals surface area contributed by atoms with Gasteiger partial charge in [0.05, 0.1) is 37.9 Å². The number of benzene rings is 2. The van der Waals surface area contributed by atoms with E-state index in [1.54, 1.807) is 28.8 Å². The number of aromatic nitrogens is 1. The van der Waals surface area contributed by atoms with Crippen molar-refractivity contribution in [1.82, 2.24) is 9.47 Å². The summed E-state index contributed by atoms with van der Waals surface area (Å²) in [6.45, 7) is 3.26. The Balaban J connectivity index is 1.30. The van der Waals surface area contributed by atoms with E-state index in [1.807, 2.05) is 36.4 Å². The minimum absolute atomic E-state index is 0.0871. The van der Waals surface area contributed by atoms with Crippen LogP contribution in [0.4, 0.5) is 14.9 Å². The molecule has 2 aliphatic heterocycles. The third kappa shape index (κ3) is 6.33. The van der Waals surface area contributed by atoms with Gasteiger partial charge >= 0.3 is 6.09 Å². The molecule has 0 bridgehead atoms. The highest BCUT2D eigenvalue weighted by Crippen LogP contribution is 2.31. The fourth-order valence-corrected chi connectivity index (χ4v) is 5.21. The number of carbonyl (C=O) groups excluding carboxylic acids is 1. The van der Waals surface area contributed by atoms with Gasteiger partial charge in [-0.05, 0) is 61.0 Å². The standard InChI is InChI=1S/C30H36FN3O6/c1-37-28-20-23(6-9-27(28)32-12-4-13-33(16-15-32)30(36)39-18-3-11-31)34-14-10-22-19-24(7-8-26(22)29(34)35)40-21-25-5-2-17-38-25/h6-10,14,19-20,25H,2-5,11-13,15-18,21H2,1H3/t25-/m0/s1. The summed E-state index contributed by atoms with van der Waals surface area (Å²) < 4.78 is 36.4. The second-order valence-corrected chi connectivity index (χ2v) is 10.0. The minimum Gasteiger partial charge on any atom is -0.495 e. The first kappa shape index (κ1) is 27.8. The summed E-state index contributed by atoms with van der Waals surface area (Å²) in [5, 5.41) is 1.41. The Morgan fingerprint density at radius 3 is 2.77 bits per heavy atom. The van der Waals surface area contributed by atoms with Crippen molar-refractivity contribution in [2.24, 2.45) is 0 Å². The lowest BCUT2D eigenvalue weighted by atomic mass is 10.1. The molecule has 0 N–H and O–H groups in total. The van der Waals surface area contributed by atoms with Crippen LogP contribution in [0.25, 0.3) is 16.5 Å². The number of anilines is 1. The molecule has 3 heterocycles. The van der Waals surface area contributed by atoms with E-state index in [9.17, 15) is 14.0 Å². The molecule has 3 aromatic rings. The van der Waals surface area contributed by atoms with Crippen LogP contribution in [0.1, 0.15) is 25.7 Å². The second-order valence-electron chi connectivity index (χ2n) is 10.0. The number of halogens is 1. The van der Waals surface area contributed by atoms with Gasteiger partial charge in [0.15, 0.2) is 0 Å². The molecule has 0 radical (unpaired) electrons. The van der Waals surface area contributed by atoms with Gasteiger partial charge in [0.25, 0.3) is 5.56 Å². The van der Waals surface area contributed by atoms with E-state index in [0.29, 0.717) is 43.1 Å². The quantitative estimate of drug-likeness (QED) is 0.359. The maximum atomic E-state index is 13.4. The van der Waals surface area contributed by atoms with Crippen LogP contribution in [-0.4, -0.2) is 81.4 Å². The first-order valence-corrected chi connectivity index (χ1v) is 13.9. The van der Waals surface area contributed by atoms with Gasteiger partial charge < -0.3 is 28.7 Å². The first-order chi connectivity index (χ1) is 19.6. The Bertz CT molecular complexity index is 1370. The number of pyridine rings is 1. The fourth-order valence-electron chi connectivity index (χ4n) is 5.21. The molecule has 5 rings (SSSR count). The lowest BCUT2D eigenvalue weighted by Gasteiger charge is -2.25. The fraction of sp³-hybridized carbons (Fsp3) is 0.467. The summed E-state index contributed by atoms with van der Waals surface area (Å²) in [5.74, 6) is 1.36. The van der Waals surface area contributed by atoms with Gasteiger partial charge in [-0.2, -0.15) is 0 Å². The predicted molar refractivity (Wildman–Crippen MR) is 151 cm³/mol. The summed E-state index contributed by atoms with van der Waals surface area (Å²) in [6, 6.07) is 13.1. The molecule has 2 aliphatic rings. The molecule has 2 fully saturated rings. The summed E-state index contributed by atoms with van der Waals surface area (Å²) >= 11 is 0. The van der Waals surface area contributed by atoms with Gasteiger partial charge in [-0.3, -0.25) is 13.8 Å². The number of carbonyl (C=O) groups is 1. The van der Waals surface area contributed by atoms with Gasteiger partial charge in [-0.1, -0.05) is 0 Å². The molecule has 1 atom stereocenters. The molecule has 0 saturated carbocycles. The smallest absolute Gasteiger partial charge is 0.409 e. The lowest BCUT2D eigenvalue weighted by Crippen LogP contribution is -2.35. The highest BCUT2D eigenvalue weighted by Gasteiger charge is 2.22. The number of rotatable bonds is 9. The van der Waals surface area contributed by atoms with Crippen molar-refractivity contribution in [2.45, 2.75) is 31.8 Å². The Morgan fingerprint density at radius 1 is 1.07 bits per heavy atom. The van der Waals surface area contributed by atoms with Crippen LogP contribution in [0, 0.1) is 0 Å². The average molecular weight is 554 g/mol. The van der Waals surface area contributed by atoms with E-state index in [1.165, 1.54) is 0 Å². The summed E-state index contributed by atoms with van der Waals surface area (Å²) in [5.41, 5.74) is 1.45. The maximum Gasteiger partial charge on any atom is 0.409 e. The van der Waals surface area contributed by atoms with Gasteiger partial charge in [-0.25, -0.2) is 4.79 Å². The van der Waals surface area contributed by atoms with E-state index in [-0.39, 0.29) is 24.7 Å². The lowest BCUT2D eigenvalue weighted by molar-refractivity contribution is 0.0680. The van der Waals surface area contributed by atoms with Crippen LogP contribution in [0.15, 0.2) is 53.5 Å². The molecule has 1 amide bonds. The Hall–Kier alpha value is -3.79. The Kier molecular flexibility index (Phi) is 9.05. The zero-order chi connectivity index (χ0) is 27.9. The van der Waals surface area contributed by atoms with E-state index in [2.05, 4.69) is 4.90 Å². The van der Waals surface area contributed by atoms with Crippen LogP contribution in [0.5, 0.6) is 11.5 Å². The zero-order valence-electron chi connectivity index (χ0n) is 22.9. The number of alkyl halides is 1. The molecule has 1 aromatic heterocycles. The van der Waals surface area contributed by atoms with Gasteiger partial charge in [-0.15, -0.1) is 0 Å². The van der Waals surface area contributed by atoms with Crippen molar-refractivity contribution in [3.63, 3.8) is 0 Å². The molecule has 10 heteroatoms. The zero-order valence-corrected chi connectivity index (χ0v) is 22.9. The number of amides is 1. The van der Waals surface area contributed by atoms with Crippen molar-refractivity contribution < 1.29 is 28.1 Å². The van der Waals surface area contributed by atoms with Crippen LogP contribution in [-0.2, 0) is 9.47 Å². The number of ether oxygens (including phenoxy) is 4. The van der Waals surface area contributed by atoms with Gasteiger partial charge in [0.1, 0.15) is 18.1 Å². The summed E-state index contributed by atoms with van der Waals surface area (Å²) in [7, 11) is 1.61. The van der Waals surface area contributed by atoms with Crippen LogP contribution in [0.3, 0.4) is 0 Å². The van der Waals surface area contributed by atoms with Crippen molar-refractivity contribution in [3.8, 4) is 17.2 Å². The van der Waals surface area contributed by atoms with E-state index in [4.69, 9.17) is 18.9 Å². The number of hydrogen-bond donors (Lipinski definition) is 0. The Labute approximate surface area is 233 Å². The van der Waals surface area contributed by atoms with Crippen LogP contribution in [0.2, 0.25) is 0 Å². The summed E-state index contributed by atoms with van der Waals surface area (Å²) in [4.78, 5) is 29.6. The third-order valence-corrected chi connectivity index (χ3v) is 7.38. The molecule has 40 heavy (non-hydrogen) atoms. The Morgan fingerprint density at radius 2 is 1.98 bits per heavy atom. The van der Waals surface area contributed by atoms with Crippen LogP contribution >= 0.6 is 0 Å². The topological polar surface area (TPSA) is 82.5 Å². The van der Waals surface area contributed by atoms with E-state index < -0.39 is 12.8 Å². The normalized spacial score (nSPS) is 17.6. The largest absolute Gasteiger partial charge is 0.495 e. The molecular formula is C30H36FN3O6.